The van der Waals surface area contributed by atoms with E-state index < -0.39 is 15.9 Å². The molecule has 6 nitrogen and oxygen atoms in total. The first-order valence-corrected chi connectivity index (χ1v) is 9.05. The third-order valence-corrected chi connectivity index (χ3v) is 4.59. The predicted molar refractivity (Wildman–Crippen MR) is 90.1 cm³/mol. The van der Waals surface area contributed by atoms with Gasteiger partial charge in [-0.1, -0.05) is 23.2 Å². The van der Waals surface area contributed by atoms with E-state index in [4.69, 9.17) is 23.2 Å². The number of carbonyl (C=O) groups excluding carboxylic acids is 1. The van der Waals surface area contributed by atoms with Crippen molar-refractivity contribution in [1.82, 2.24) is 9.21 Å². The van der Waals surface area contributed by atoms with Crippen LogP contribution < -0.4 is 5.32 Å². The van der Waals surface area contributed by atoms with Crippen LogP contribution in [0.3, 0.4) is 0 Å². The van der Waals surface area contributed by atoms with Crippen molar-refractivity contribution in [2.24, 2.45) is 0 Å². The van der Waals surface area contributed by atoms with E-state index >= 15 is 0 Å². The molecule has 0 spiro atoms. The summed E-state index contributed by atoms with van der Waals surface area (Å²) in [6.07, 6.45) is 1.07. The number of carbonyl (C=O) groups is 1. The minimum absolute atomic E-state index is 0.230. The van der Waals surface area contributed by atoms with Crippen molar-refractivity contribution in [1.29, 1.82) is 0 Å². The summed E-state index contributed by atoms with van der Waals surface area (Å²) >= 11 is 11.7. The molecule has 0 heterocycles. The van der Waals surface area contributed by atoms with Gasteiger partial charge in [0.1, 0.15) is 0 Å². The van der Waals surface area contributed by atoms with Crippen molar-refractivity contribution in [3.05, 3.63) is 28.2 Å². The Labute approximate surface area is 141 Å². The number of nitrogens with one attached hydrogen (secondary N) is 1. The van der Waals surface area contributed by atoms with Crippen LogP contribution >= 0.6 is 23.2 Å². The van der Waals surface area contributed by atoms with Gasteiger partial charge in [0.15, 0.2) is 0 Å². The Morgan fingerprint density at radius 2 is 1.86 bits per heavy atom. The van der Waals surface area contributed by atoms with Gasteiger partial charge in [-0.2, -0.15) is 4.31 Å². The lowest BCUT2D eigenvalue weighted by atomic mass is 10.3. The number of sulfonamides is 1. The van der Waals surface area contributed by atoms with Crippen LogP contribution in [0.15, 0.2) is 18.2 Å². The van der Waals surface area contributed by atoms with E-state index in [0.717, 1.165) is 10.6 Å². The third kappa shape index (κ3) is 6.50. The summed E-state index contributed by atoms with van der Waals surface area (Å²) in [5.74, 6) is -0.464. The summed E-state index contributed by atoms with van der Waals surface area (Å²) in [7, 11) is 0.182. The number of nitrogens with zero attached hydrogens (tertiary/aromatic N) is 2. The summed E-state index contributed by atoms with van der Waals surface area (Å²) in [5.41, 5.74) is 0.386. The Balaban J connectivity index is 2.74. The van der Waals surface area contributed by atoms with E-state index in [1.165, 1.54) is 6.07 Å². The molecule has 0 aliphatic rings. The van der Waals surface area contributed by atoms with Crippen LogP contribution in [-0.2, 0) is 14.8 Å². The maximum Gasteiger partial charge on any atom is 0.239 e. The molecule has 1 amide bonds. The molecule has 0 aromatic heterocycles. The highest BCUT2D eigenvalue weighted by atomic mass is 35.5. The molecule has 22 heavy (non-hydrogen) atoms. The van der Waals surface area contributed by atoms with Crippen molar-refractivity contribution in [3.63, 3.8) is 0 Å². The van der Waals surface area contributed by atoms with Crippen LogP contribution in [0, 0.1) is 0 Å². The quantitative estimate of drug-likeness (QED) is 0.796. The number of anilines is 1. The van der Waals surface area contributed by atoms with Gasteiger partial charge in [-0.05, 0) is 32.3 Å². The molecule has 9 heteroatoms. The Bertz CT molecular complexity index is 635. The van der Waals surface area contributed by atoms with E-state index in [-0.39, 0.29) is 13.1 Å². The molecule has 0 unspecified atom stereocenters. The number of benzene rings is 1. The molecular weight excluding hydrogens is 349 g/mol. The fraction of sp³-hybridized carbons (Fsp3) is 0.462. The second-order valence-corrected chi connectivity index (χ2v) is 7.90. The fourth-order valence-corrected chi connectivity index (χ4v) is 2.84. The van der Waals surface area contributed by atoms with E-state index in [2.05, 4.69) is 5.32 Å². The predicted octanol–water partition coefficient (Wildman–Crippen LogP) is 1.76. The smallest absolute Gasteiger partial charge is 0.239 e. The standard InChI is InChI=1S/C13H19Cl2N3O3S/c1-17(2)6-7-18(22(3,20)21)9-13(19)16-12-5-4-10(14)8-11(12)15/h4-5,8H,6-7,9H2,1-3H3,(H,16,19). The van der Waals surface area contributed by atoms with Crippen LogP contribution in [0.4, 0.5) is 5.69 Å². The van der Waals surface area contributed by atoms with Crippen LogP contribution in [0.1, 0.15) is 0 Å². The molecule has 0 aliphatic carbocycles. The van der Waals surface area contributed by atoms with Crippen molar-refractivity contribution in [2.75, 3.05) is 45.3 Å². The van der Waals surface area contributed by atoms with Gasteiger partial charge in [-0.3, -0.25) is 4.79 Å². The van der Waals surface area contributed by atoms with Gasteiger partial charge in [-0.25, -0.2) is 8.42 Å². The van der Waals surface area contributed by atoms with Gasteiger partial charge < -0.3 is 10.2 Å². The Morgan fingerprint density at radius 1 is 1.23 bits per heavy atom. The number of hydrogen-bond donors (Lipinski definition) is 1. The summed E-state index contributed by atoms with van der Waals surface area (Å²) < 4.78 is 24.6. The molecule has 0 atom stereocenters. The van der Waals surface area contributed by atoms with Gasteiger partial charge >= 0.3 is 0 Å². The average molecular weight is 368 g/mol. The fourth-order valence-electron chi connectivity index (χ4n) is 1.61. The van der Waals surface area contributed by atoms with Gasteiger partial charge in [0.05, 0.1) is 23.5 Å². The monoisotopic (exact) mass is 367 g/mol. The second-order valence-electron chi connectivity index (χ2n) is 5.07. The van der Waals surface area contributed by atoms with E-state index in [0.29, 0.717) is 22.3 Å². The maximum absolute atomic E-state index is 12.0. The van der Waals surface area contributed by atoms with Crippen molar-refractivity contribution in [2.45, 2.75) is 0 Å². The topological polar surface area (TPSA) is 69.7 Å². The third-order valence-electron chi connectivity index (χ3n) is 2.79. The first kappa shape index (κ1) is 19.2. The van der Waals surface area contributed by atoms with Crippen LogP contribution in [0.25, 0.3) is 0 Å². The number of rotatable bonds is 7. The normalized spacial score (nSPS) is 12.0. The lowest BCUT2D eigenvalue weighted by molar-refractivity contribution is -0.116. The minimum atomic E-state index is -3.47. The molecule has 1 aromatic carbocycles. The number of halogens is 2. The zero-order chi connectivity index (χ0) is 16.9. The highest BCUT2D eigenvalue weighted by molar-refractivity contribution is 7.88. The molecule has 1 aromatic rings. The molecule has 124 valence electrons. The molecule has 1 rings (SSSR count). The highest BCUT2D eigenvalue weighted by Crippen LogP contribution is 2.25. The van der Waals surface area contributed by atoms with Crippen LogP contribution in [-0.4, -0.2) is 63.5 Å². The van der Waals surface area contributed by atoms with Gasteiger partial charge in [0.2, 0.25) is 15.9 Å². The van der Waals surface area contributed by atoms with Gasteiger partial charge in [0.25, 0.3) is 0 Å². The molecule has 1 N–H and O–H groups in total. The van der Waals surface area contributed by atoms with Crippen molar-refractivity contribution in [3.8, 4) is 0 Å². The van der Waals surface area contributed by atoms with E-state index in [9.17, 15) is 13.2 Å². The molecular formula is C13H19Cl2N3O3S. The lowest BCUT2D eigenvalue weighted by Crippen LogP contribution is -2.41. The van der Waals surface area contributed by atoms with Crippen molar-refractivity contribution >= 4 is 44.8 Å². The molecule has 0 fully saturated rings. The number of amides is 1. The zero-order valence-electron chi connectivity index (χ0n) is 12.6. The van der Waals surface area contributed by atoms with Gasteiger partial charge in [0, 0.05) is 18.1 Å². The molecule has 0 saturated heterocycles. The number of likely N-dealkylation sites (N-methyl/N-ethyl adjacent to an activating group) is 1. The summed E-state index contributed by atoms with van der Waals surface area (Å²) in [5, 5.41) is 3.32. The Kier molecular flexibility index (Phi) is 7.08. The van der Waals surface area contributed by atoms with Gasteiger partial charge in [-0.15, -0.1) is 0 Å². The largest absolute Gasteiger partial charge is 0.324 e. The Morgan fingerprint density at radius 3 is 2.36 bits per heavy atom. The SMILES string of the molecule is CN(C)CCN(CC(=O)Nc1ccc(Cl)cc1Cl)S(C)(=O)=O. The minimum Gasteiger partial charge on any atom is -0.324 e. The van der Waals surface area contributed by atoms with Crippen molar-refractivity contribution < 1.29 is 13.2 Å². The van der Waals surface area contributed by atoms with E-state index in [1.807, 2.05) is 19.0 Å². The van der Waals surface area contributed by atoms with Crippen LogP contribution in [0.2, 0.25) is 10.0 Å². The summed E-state index contributed by atoms with van der Waals surface area (Å²) in [6, 6.07) is 4.65. The highest BCUT2D eigenvalue weighted by Gasteiger charge is 2.20. The maximum atomic E-state index is 12.0. The molecule has 0 bridgehead atoms. The molecule has 0 aliphatic heterocycles. The number of hydrogen-bond acceptors (Lipinski definition) is 4. The zero-order valence-corrected chi connectivity index (χ0v) is 15.0. The van der Waals surface area contributed by atoms with Crippen LogP contribution in [0.5, 0.6) is 0 Å². The summed E-state index contributed by atoms with van der Waals surface area (Å²) in [4.78, 5) is 13.9. The molecule has 0 saturated carbocycles. The van der Waals surface area contributed by atoms with E-state index in [1.54, 1.807) is 12.1 Å². The summed E-state index contributed by atoms with van der Waals surface area (Å²) in [6.45, 7) is 0.473. The first-order chi connectivity index (χ1) is 10.1. The average Bonchev–Trinajstić information content (AvgIpc) is 2.36. The molecule has 0 radical (unpaired) electrons. The second kappa shape index (κ2) is 8.12. The first-order valence-electron chi connectivity index (χ1n) is 6.44. The Hall–Kier alpha value is -0.860. The lowest BCUT2D eigenvalue weighted by Gasteiger charge is -2.21.